The predicted molar refractivity (Wildman–Crippen MR) is 138 cm³/mol. The molecule has 1 unspecified atom stereocenters. The van der Waals surface area contributed by atoms with Crippen molar-refractivity contribution < 1.29 is 35.5 Å². The van der Waals surface area contributed by atoms with Gasteiger partial charge in [-0.25, -0.2) is 4.39 Å². The van der Waals surface area contributed by atoms with Gasteiger partial charge in [-0.1, -0.05) is 18.2 Å². The topological polar surface area (TPSA) is 43.5 Å². The van der Waals surface area contributed by atoms with Crippen LogP contribution in [0, 0.1) is 5.82 Å². The number of anilines is 1. The number of aromatic nitrogens is 1. The average Bonchev–Trinajstić information content (AvgIpc) is 3.48. The largest absolute Gasteiger partial charge is 0.433 e. The Morgan fingerprint density at radius 3 is 2.70 bits per heavy atom. The second-order valence-corrected chi connectivity index (χ2v) is 10.5. The molecule has 2 N–H and O–H groups in total. The summed E-state index contributed by atoms with van der Waals surface area (Å²) in [7, 11) is 0. The summed E-state index contributed by atoms with van der Waals surface area (Å²) in [4.78, 5) is 6.34. The number of para-hydroxylation sites is 1. The summed E-state index contributed by atoms with van der Waals surface area (Å²) < 4.78 is 100. The van der Waals surface area contributed by atoms with E-state index in [1.54, 1.807) is 25.1 Å². The maximum absolute atomic E-state index is 14.7. The molecule has 1 fully saturated rings. The molecule has 3 atom stereocenters. The van der Waals surface area contributed by atoms with Gasteiger partial charge in [0.1, 0.15) is 11.6 Å². The van der Waals surface area contributed by atoms with Crippen molar-refractivity contribution in [2.24, 2.45) is 0 Å². The van der Waals surface area contributed by atoms with Gasteiger partial charge in [0.15, 0.2) is 0 Å². The molecule has 2 aliphatic rings. The van der Waals surface area contributed by atoms with Crippen molar-refractivity contribution in [3.8, 4) is 5.75 Å². The maximum Gasteiger partial charge on any atom is 0.401 e. The quantitative estimate of drug-likeness (QED) is 0.282. The Morgan fingerprint density at radius 1 is 1.18 bits per heavy atom. The zero-order chi connectivity index (χ0) is 28.6. The van der Waals surface area contributed by atoms with Crippen LogP contribution in [0.15, 0.2) is 36.4 Å². The molecule has 1 saturated heterocycles. The van der Waals surface area contributed by atoms with E-state index in [0.717, 1.165) is 6.54 Å². The lowest BCUT2D eigenvalue weighted by molar-refractivity contribution is -0.155. The maximum atomic E-state index is 14.7. The van der Waals surface area contributed by atoms with E-state index in [1.807, 2.05) is 0 Å². The molecule has 40 heavy (non-hydrogen) atoms. The van der Waals surface area contributed by atoms with Gasteiger partial charge in [0.25, 0.3) is 0 Å². The number of aromatic amines is 1. The van der Waals surface area contributed by atoms with E-state index in [0.29, 0.717) is 48.1 Å². The van der Waals surface area contributed by atoms with E-state index < -0.39 is 43.9 Å². The molecule has 0 spiro atoms. The highest BCUT2D eigenvalue weighted by molar-refractivity contribution is 5.86. The Bertz CT molecular complexity index is 1330. The number of nitrogens with one attached hydrogen (secondary N) is 2. The molecule has 1 aromatic heterocycles. The fourth-order valence-electron chi connectivity index (χ4n) is 6.03. The second kappa shape index (κ2) is 11.5. The number of hydrogen-bond donors (Lipinski definition) is 2. The van der Waals surface area contributed by atoms with Crippen LogP contribution in [0.25, 0.3) is 10.9 Å². The van der Waals surface area contributed by atoms with Crippen LogP contribution in [0.1, 0.15) is 42.6 Å². The molecular weight excluding hydrogens is 541 g/mol. The lowest BCUT2D eigenvalue weighted by Gasteiger charge is -2.41. The number of rotatable bonds is 9. The first kappa shape index (κ1) is 28.5. The van der Waals surface area contributed by atoms with Crippen molar-refractivity contribution >= 4 is 16.6 Å². The van der Waals surface area contributed by atoms with E-state index in [4.69, 9.17) is 4.74 Å². The smallest absolute Gasteiger partial charge is 0.401 e. The zero-order valence-electron chi connectivity index (χ0n) is 21.9. The molecule has 3 aromatic rings. The molecule has 0 amide bonds. The fraction of sp³-hybridized carbons (Fsp3) is 0.500. The van der Waals surface area contributed by atoms with Gasteiger partial charge < -0.3 is 19.9 Å². The van der Waals surface area contributed by atoms with Gasteiger partial charge in [0, 0.05) is 42.8 Å². The van der Waals surface area contributed by atoms with Crippen LogP contribution in [-0.4, -0.2) is 72.5 Å². The van der Waals surface area contributed by atoms with Gasteiger partial charge >= 0.3 is 12.8 Å². The lowest BCUT2D eigenvalue weighted by Crippen LogP contribution is -2.47. The number of alkyl halides is 6. The van der Waals surface area contributed by atoms with E-state index in [2.05, 4.69) is 15.2 Å². The molecule has 3 heterocycles. The highest BCUT2D eigenvalue weighted by Gasteiger charge is 2.42. The summed E-state index contributed by atoms with van der Waals surface area (Å²) in [5.74, 6) is -0.720. The first-order valence-electron chi connectivity index (χ1n) is 13.3. The van der Waals surface area contributed by atoms with E-state index in [1.165, 1.54) is 23.1 Å². The molecule has 0 bridgehead atoms. The van der Waals surface area contributed by atoms with Gasteiger partial charge in [-0.05, 0) is 55.5 Å². The van der Waals surface area contributed by atoms with Crippen LogP contribution in [0.5, 0.6) is 5.75 Å². The van der Waals surface area contributed by atoms with Gasteiger partial charge in [-0.2, -0.15) is 22.0 Å². The van der Waals surface area contributed by atoms with Crippen molar-refractivity contribution in [3.05, 3.63) is 59.0 Å². The number of nitrogens with zero attached hydrogens (tertiary/aromatic N) is 2. The van der Waals surface area contributed by atoms with E-state index in [9.17, 15) is 30.7 Å². The Balaban J connectivity index is 1.53. The molecule has 0 radical (unpaired) electrons. The van der Waals surface area contributed by atoms with Gasteiger partial charge in [0.05, 0.1) is 30.5 Å². The number of fused-ring (bicyclic) bond motifs is 3. The summed E-state index contributed by atoms with van der Waals surface area (Å²) in [6.07, 6.45) is -3.14. The molecule has 5 rings (SSSR count). The van der Waals surface area contributed by atoms with Crippen molar-refractivity contribution in [2.75, 3.05) is 38.2 Å². The Hall–Kier alpha value is -2.99. The van der Waals surface area contributed by atoms with Gasteiger partial charge in [0.2, 0.25) is 0 Å². The van der Waals surface area contributed by atoms with Gasteiger partial charge in [-0.3, -0.25) is 9.29 Å². The second-order valence-electron chi connectivity index (χ2n) is 10.5. The van der Waals surface area contributed by atoms with E-state index in [-0.39, 0.29) is 29.4 Å². The molecule has 0 aliphatic carbocycles. The molecule has 2 aromatic carbocycles. The van der Waals surface area contributed by atoms with Crippen molar-refractivity contribution in [1.29, 1.82) is 0 Å². The van der Waals surface area contributed by atoms with Crippen LogP contribution in [0.4, 0.5) is 36.4 Å². The van der Waals surface area contributed by atoms with Crippen LogP contribution in [-0.2, 0) is 6.42 Å². The third kappa shape index (κ3) is 6.02. The lowest BCUT2D eigenvalue weighted by atomic mass is 9.88. The summed E-state index contributed by atoms with van der Waals surface area (Å²) in [5.41, 5.74) is 1.88. The van der Waals surface area contributed by atoms with Crippen LogP contribution < -0.4 is 10.1 Å². The molecular formula is C28H31F7N4O. The zero-order valence-corrected chi connectivity index (χ0v) is 21.9. The van der Waals surface area contributed by atoms with Crippen LogP contribution in [0.3, 0.4) is 0 Å². The molecule has 12 heteroatoms. The number of halogens is 7. The van der Waals surface area contributed by atoms with Gasteiger partial charge in [-0.15, -0.1) is 0 Å². The SMILES string of the molecule is C[C@@H]1Cc2c([nH]c3c(F)cccc23)C(c2ccc(N[C@H]3CCN(CCCF)C3)c(OC(F)F)c2)N1CC(F)(F)F. The first-order valence-corrected chi connectivity index (χ1v) is 13.3. The normalized spacial score (nSPS) is 22.3. The van der Waals surface area contributed by atoms with Crippen molar-refractivity contribution in [3.63, 3.8) is 0 Å². The minimum absolute atomic E-state index is 0.0924. The summed E-state index contributed by atoms with van der Waals surface area (Å²) in [5, 5.41) is 3.80. The molecule has 0 saturated carbocycles. The Labute approximate surface area is 227 Å². The molecule has 218 valence electrons. The third-order valence-corrected chi connectivity index (χ3v) is 7.73. The van der Waals surface area contributed by atoms with E-state index >= 15 is 0 Å². The number of ether oxygens (including phenoxy) is 1. The summed E-state index contributed by atoms with van der Waals surface area (Å²) in [6, 6.07) is 7.31. The average molecular weight is 573 g/mol. The summed E-state index contributed by atoms with van der Waals surface area (Å²) >= 11 is 0. The third-order valence-electron chi connectivity index (χ3n) is 7.73. The minimum atomic E-state index is -4.53. The number of benzene rings is 2. The first-order chi connectivity index (χ1) is 19.0. The standard InChI is InChI=1S/C28H31F7N4O/c1-16-12-20-19-4-2-5-21(30)24(19)37-25(20)26(39(16)15-28(33,34)35)17-6-7-22(23(13-17)40-27(31)32)36-18-8-11-38(14-18)10-3-9-29/h2,4-7,13,16,18,26-27,36-37H,3,8-12,14-15H2,1H3/t16-,18+,26?/m1/s1. The van der Waals surface area contributed by atoms with Crippen molar-refractivity contribution in [1.82, 2.24) is 14.8 Å². The number of hydrogen-bond acceptors (Lipinski definition) is 4. The highest BCUT2D eigenvalue weighted by atomic mass is 19.4. The number of likely N-dealkylation sites (tertiary alicyclic amines) is 1. The van der Waals surface area contributed by atoms with Crippen molar-refractivity contribution in [2.45, 2.75) is 57.1 Å². The molecule has 2 aliphatic heterocycles. The Kier molecular flexibility index (Phi) is 8.19. The Morgan fingerprint density at radius 2 is 1.98 bits per heavy atom. The minimum Gasteiger partial charge on any atom is -0.433 e. The molecule has 5 nitrogen and oxygen atoms in total. The fourth-order valence-corrected chi connectivity index (χ4v) is 6.03. The predicted octanol–water partition coefficient (Wildman–Crippen LogP) is 6.65. The monoisotopic (exact) mass is 572 g/mol. The van der Waals surface area contributed by atoms with Crippen LogP contribution >= 0.6 is 0 Å². The summed E-state index contributed by atoms with van der Waals surface area (Å²) in [6.45, 7) is -1.23. The van der Waals surface area contributed by atoms with Crippen LogP contribution in [0.2, 0.25) is 0 Å². The number of H-pyrrole nitrogens is 1. The highest BCUT2D eigenvalue weighted by Crippen LogP contribution is 2.44.